The summed E-state index contributed by atoms with van der Waals surface area (Å²) in [6.45, 7) is 4.67. The first kappa shape index (κ1) is 29.1. The molecule has 2 fully saturated rings. The molecule has 34 heavy (non-hydrogen) atoms. The summed E-state index contributed by atoms with van der Waals surface area (Å²) in [6, 6.07) is 0. The van der Waals surface area contributed by atoms with Crippen LogP contribution in [0, 0.1) is 11.8 Å². The van der Waals surface area contributed by atoms with Crippen molar-refractivity contribution in [1.82, 2.24) is 14.8 Å². The summed E-state index contributed by atoms with van der Waals surface area (Å²) in [5, 5.41) is 4.62. The molecule has 0 aromatic carbocycles. The summed E-state index contributed by atoms with van der Waals surface area (Å²) >= 11 is 32.7. The van der Waals surface area contributed by atoms with Crippen LogP contribution in [0.5, 0.6) is 0 Å². The maximum absolute atomic E-state index is 6.88. The molecule has 8 unspecified atom stereocenters. The summed E-state index contributed by atoms with van der Waals surface area (Å²) in [6.07, 6.45) is 10.4. The molecule has 0 saturated heterocycles. The quantitative estimate of drug-likeness (QED) is 0.243. The van der Waals surface area contributed by atoms with Crippen molar-refractivity contribution in [3.05, 3.63) is 12.7 Å². The van der Waals surface area contributed by atoms with Crippen molar-refractivity contribution in [3.63, 3.8) is 0 Å². The Morgan fingerprint density at radius 2 is 1.74 bits per heavy atom. The van der Waals surface area contributed by atoms with Gasteiger partial charge in [0, 0.05) is 32.8 Å². The fourth-order valence-corrected chi connectivity index (χ4v) is 6.60. The summed E-state index contributed by atoms with van der Waals surface area (Å²) in [5.41, 5.74) is 0. The van der Waals surface area contributed by atoms with Gasteiger partial charge in [0.25, 0.3) is 0 Å². The molecule has 3 rings (SSSR count). The Morgan fingerprint density at radius 3 is 2.35 bits per heavy atom. The zero-order valence-electron chi connectivity index (χ0n) is 20.0. The smallest absolute Gasteiger partial charge is 0.178 e. The molecule has 0 spiro atoms. The highest BCUT2D eigenvalue weighted by Crippen LogP contribution is 2.40. The van der Waals surface area contributed by atoms with E-state index in [4.69, 9.17) is 67.5 Å². The van der Waals surface area contributed by atoms with Crippen molar-refractivity contribution in [3.8, 4) is 0 Å². The third-order valence-electron chi connectivity index (χ3n) is 7.19. The lowest BCUT2D eigenvalue weighted by atomic mass is 9.83. The van der Waals surface area contributed by atoms with Crippen LogP contribution in [0.2, 0.25) is 0 Å². The second kappa shape index (κ2) is 14.4. The molecule has 2 aliphatic rings. The van der Waals surface area contributed by atoms with Crippen molar-refractivity contribution in [2.75, 3.05) is 6.61 Å². The van der Waals surface area contributed by atoms with E-state index in [1.807, 2.05) is 0 Å². The minimum Gasteiger partial charge on any atom is -0.373 e. The highest BCUT2D eigenvalue weighted by Gasteiger charge is 2.42. The van der Waals surface area contributed by atoms with E-state index in [1.54, 1.807) is 11.0 Å². The molecule has 5 nitrogen and oxygen atoms in total. The molecular formula is C24H38Cl5N3O2. The van der Waals surface area contributed by atoms with Crippen LogP contribution >= 0.6 is 58.0 Å². The van der Waals surface area contributed by atoms with E-state index < -0.39 is 6.23 Å². The fourth-order valence-electron chi connectivity index (χ4n) is 4.88. The Bertz CT molecular complexity index is 692. The van der Waals surface area contributed by atoms with Gasteiger partial charge in [-0.2, -0.15) is 5.10 Å². The summed E-state index contributed by atoms with van der Waals surface area (Å²) in [4.78, 5) is 4.18. The van der Waals surface area contributed by atoms with Gasteiger partial charge in [-0.3, -0.25) is 0 Å². The molecule has 1 heterocycles. The first-order chi connectivity index (χ1) is 16.3. The van der Waals surface area contributed by atoms with Crippen LogP contribution in [-0.4, -0.2) is 60.5 Å². The number of hydrogen-bond acceptors (Lipinski definition) is 4. The molecule has 2 aliphatic carbocycles. The van der Waals surface area contributed by atoms with Crippen LogP contribution in [0.25, 0.3) is 0 Å². The minimum absolute atomic E-state index is 0.0651. The van der Waals surface area contributed by atoms with Gasteiger partial charge >= 0.3 is 0 Å². The topological polar surface area (TPSA) is 49.2 Å². The van der Waals surface area contributed by atoms with Gasteiger partial charge < -0.3 is 9.47 Å². The molecule has 2 saturated carbocycles. The Hall–Kier alpha value is 0.510. The number of halogens is 5. The van der Waals surface area contributed by atoms with Gasteiger partial charge in [0.15, 0.2) is 6.23 Å². The van der Waals surface area contributed by atoms with Gasteiger partial charge in [0.1, 0.15) is 18.8 Å². The standard InChI is InChI=1S/C24H38Cl5N3O2/c1-3-16(25)10-21(28)15(2)12-33-23(20-9-6-18(27)11-22(20)29)24(32-14-30-13-31-32)34-19-7-4-17(26)5-8-19/h13-24H,3-12H2,1-2H3. The molecule has 0 aliphatic heterocycles. The third kappa shape index (κ3) is 8.53. The molecule has 8 atom stereocenters. The van der Waals surface area contributed by atoms with Crippen LogP contribution < -0.4 is 0 Å². The lowest BCUT2D eigenvalue weighted by Gasteiger charge is -2.41. The average molecular weight is 578 g/mol. The van der Waals surface area contributed by atoms with Crippen LogP contribution in [0.1, 0.15) is 77.9 Å². The zero-order chi connectivity index (χ0) is 24.7. The second-order valence-corrected chi connectivity index (χ2v) is 12.9. The Kier molecular flexibility index (Phi) is 12.4. The van der Waals surface area contributed by atoms with Gasteiger partial charge in [-0.05, 0) is 63.7 Å². The van der Waals surface area contributed by atoms with Crippen molar-refractivity contribution < 1.29 is 9.47 Å². The molecule has 0 N–H and O–H groups in total. The van der Waals surface area contributed by atoms with E-state index in [2.05, 4.69) is 23.9 Å². The normalized spacial score (nSPS) is 32.6. The molecule has 1 aromatic heterocycles. The summed E-state index contributed by atoms with van der Waals surface area (Å²) in [7, 11) is 0. The predicted octanol–water partition coefficient (Wildman–Crippen LogP) is 7.39. The monoisotopic (exact) mass is 575 g/mol. The largest absolute Gasteiger partial charge is 0.373 e. The van der Waals surface area contributed by atoms with E-state index in [0.29, 0.717) is 6.61 Å². The van der Waals surface area contributed by atoms with Gasteiger partial charge in [-0.25, -0.2) is 9.67 Å². The lowest BCUT2D eigenvalue weighted by molar-refractivity contribution is -0.172. The van der Waals surface area contributed by atoms with E-state index in [0.717, 1.165) is 57.8 Å². The SMILES string of the molecule is CCC(Cl)CC(Cl)C(C)COC(C1CCC(Cl)CC1Cl)C(OC1CCC(Cl)CC1)n1cncn1. The van der Waals surface area contributed by atoms with Crippen LogP contribution in [0.3, 0.4) is 0 Å². The number of alkyl halides is 5. The summed E-state index contributed by atoms with van der Waals surface area (Å²) in [5.74, 6) is 0.200. The maximum atomic E-state index is 6.88. The third-order valence-corrected chi connectivity index (χ3v) is 9.62. The molecule has 196 valence electrons. The zero-order valence-corrected chi connectivity index (χ0v) is 23.8. The predicted molar refractivity (Wildman–Crippen MR) is 142 cm³/mol. The number of aromatic nitrogens is 3. The Labute approximate surface area is 229 Å². The van der Waals surface area contributed by atoms with Gasteiger partial charge in [0.05, 0.1) is 12.7 Å². The molecule has 0 bridgehead atoms. The number of hydrogen-bond donors (Lipinski definition) is 0. The second-order valence-electron chi connectivity index (χ2n) is 9.90. The Balaban J connectivity index is 1.78. The first-order valence-corrected chi connectivity index (χ1v) is 14.8. The Morgan fingerprint density at radius 1 is 1.03 bits per heavy atom. The average Bonchev–Trinajstić information content (AvgIpc) is 3.35. The lowest BCUT2D eigenvalue weighted by Crippen LogP contribution is -2.45. The van der Waals surface area contributed by atoms with E-state index in [-0.39, 0.29) is 50.9 Å². The van der Waals surface area contributed by atoms with Crippen LogP contribution in [0.15, 0.2) is 12.7 Å². The highest BCUT2D eigenvalue weighted by atomic mass is 35.5. The van der Waals surface area contributed by atoms with Crippen molar-refractivity contribution in [1.29, 1.82) is 0 Å². The van der Waals surface area contributed by atoms with Crippen molar-refractivity contribution >= 4 is 58.0 Å². The van der Waals surface area contributed by atoms with E-state index >= 15 is 0 Å². The fraction of sp³-hybridized carbons (Fsp3) is 0.917. The highest BCUT2D eigenvalue weighted by molar-refractivity contribution is 6.24. The maximum Gasteiger partial charge on any atom is 0.178 e. The van der Waals surface area contributed by atoms with Crippen LogP contribution in [0.4, 0.5) is 0 Å². The van der Waals surface area contributed by atoms with Crippen LogP contribution in [-0.2, 0) is 9.47 Å². The van der Waals surface area contributed by atoms with Crippen molar-refractivity contribution in [2.24, 2.45) is 11.8 Å². The number of rotatable bonds is 12. The first-order valence-electron chi connectivity index (χ1n) is 12.6. The molecule has 1 aromatic rings. The van der Waals surface area contributed by atoms with Crippen molar-refractivity contribution in [2.45, 2.75) is 117 Å². The summed E-state index contributed by atoms with van der Waals surface area (Å²) < 4.78 is 15.1. The van der Waals surface area contributed by atoms with Gasteiger partial charge in [-0.15, -0.1) is 58.0 Å². The molecule has 10 heteroatoms. The molecular weight excluding hydrogens is 540 g/mol. The van der Waals surface area contributed by atoms with E-state index in [9.17, 15) is 0 Å². The molecule has 0 amide bonds. The van der Waals surface area contributed by atoms with Gasteiger partial charge in [-0.1, -0.05) is 13.8 Å². The van der Waals surface area contributed by atoms with E-state index in [1.165, 1.54) is 6.33 Å². The molecule has 0 radical (unpaired) electrons. The minimum atomic E-state index is -0.435. The number of nitrogens with zero attached hydrogens (tertiary/aromatic N) is 3. The van der Waals surface area contributed by atoms with Gasteiger partial charge in [0.2, 0.25) is 0 Å². The number of ether oxygens (including phenoxy) is 2.